The first-order valence-electron chi connectivity index (χ1n) is 24.4. The molecule has 2 aromatic carbocycles. The number of hydrogen-bond acceptors (Lipinski definition) is 15. The number of benzene rings is 2. The molecule has 8 N–H and O–H groups in total. The van der Waals surface area contributed by atoms with Crippen LogP contribution in [0.1, 0.15) is 79.0 Å². The highest BCUT2D eigenvalue weighted by Gasteiger charge is 2.49. The van der Waals surface area contributed by atoms with Crippen molar-refractivity contribution in [3.8, 4) is 5.75 Å². The van der Waals surface area contributed by atoms with Crippen molar-refractivity contribution in [2.24, 2.45) is 17.8 Å². The van der Waals surface area contributed by atoms with Crippen molar-refractivity contribution in [2.45, 2.75) is 134 Å². The van der Waals surface area contributed by atoms with Gasteiger partial charge in [0.15, 0.2) is 6.04 Å². The topological polar surface area (TPSA) is 310 Å². The molecular weight excluding hydrogens is 951 g/mol. The summed E-state index contributed by atoms with van der Waals surface area (Å²) < 4.78 is 23.0. The maximum Gasteiger partial charge on any atom is 0.332 e. The zero-order valence-electron chi connectivity index (χ0n) is 42.5. The van der Waals surface area contributed by atoms with Gasteiger partial charge in [0.25, 0.3) is 0 Å². The van der Waals surface area contributed by atoms with E-state index in [-0.39, 0.29) is 18.6 Å². The monoisotopic (exact) mass is 1020 g/mol. The molecule has 2 saturated heterocycles. The lowest BCUT2D eigenvalue weighted by Gasteiger charge is -2.34. The van der Waals surface area contributed by atoms with Gasteiger partial charge < -0.3 is 66.0 Å². The third-order valence-corrected chi connectivity index (χ3v) is 13.4. The molecule has 2 aromatic rings. The van der Waals surface area contributed by atoms with Crippen LogP contribution in [0, 0.1) is 17.8 Å². The molecule has 4 aliphatic heterocycles. The summed E-state index contributed by atoms with van der Waals surface area (Å²) in [7, 11) is 1.32. The van der Waals surface area contributed by atoms with E-state index in [9.17, 15) is 48.6 Å². The van der Waals surface area contributed by atoms with Crippen LogP contribution in [0.5, 0.6) is 5.75 Å². The van der Waals surface area contributed by atoms with Crippen molar-refractivity contribution in [3.05, 3.63) is 77.9 Å². The molecule has 2 fully saturated rings. The van der Waals surface area contributed by atoms with Crippen molar-refractivity contribution < 1.29 is 72.3 Å². The van der Waals surface area contributed by atoms with E-state index in [1.165, 1.54) is 58.2 Å². The second-order valence-corrected chi connectivity index (χ2v) is 19.2. The number of cyclic esters (lactones) is 1. The van der Waals surface area contributed by atoms with Crippen LogP contribution >= 0.6 is 0 Å². The van der Waals surface area contributed by atoms with Crippen molar-refractivity contribution >= 4 is 53.3 Å². The molecule has 4 heterocycles. The van der Waals surface area contributed by atoms with Gasteiger partial charge in [-0.1, -0.05) is 83.5 Å². The van der Waals surface area contributed by atoms with Crippen molar-refractivity contribution in [1.29, 1.82) is 0 Å². The summed E-state index contributed by atoms with van der Waals surface area (Å²) in [4.78, 5) is 129. The Balaban J connectivity index is 1.72. The lowest BCUT2D eigenvalue weighted by molar-refractivity contribution is -0.160. The lowest BCUT2D eigenvalue weighted by Crippen LogP contribution is -2.61. The number of aliphatic hydroxyl groups excluding tert-OH is 2. The van der Waals surface area contributed by atoms with E-state index in [1.807, 2.05) is 0 Å². The molecule has 0 aliphatic carbocycles. The molecule has 4 aliphatic rings. The van der Waals surface area contributed by atoms with E-state index in [1.54, 1.807) is 65.0 Å². The molecular formula is C51H69N7O15. The number of nitrogens with one attached hydrogen (secondary N) is 6. The normalized spacial score (nSPS) is 28.8. The number of carbonyl (C=O) groups is 9. The van der Waals surface area contributed by atoms with E-state index in [4.69, 9.17) is 18.9 Å². The van der Waals surface area contributed by atoms with Crippen LogP contribution in [0.15, 0.2) is 66.7 Å². The largest absolute Gasteiger partial charge is 0.487 e. The van der Waals surface area contributed by atoms with E-state index < -0.39 is 150 Å². The molecule has 0 radical (unpaired) electrons. The lowest BCUT2D eigenvalue weighted by atomic mass is 9.93. The van der Waals surface area contributed by atoms with Gasteiger partial charge in [-0.15, -0.1) is 0 Å². The quantitative estimate of drug-likeness (QED) is 0.118. The van der Waals surface area contributed by atoms with Gasteiger partial charge in [-0.3, -0.25) is 38.4 Å². The molecule has 4 bridgehead atoms. The van der Waals surface area contributed by atoms with Crippen molar-refractivity contribution in [2.75, 3.05) is 26.8 Å². The predicted octanol–water partition coefficient (Wildman–Crippen LogP) is -0.356. The number of ether oxygens (including phenoxy) is 4. The fraction of sp³-hybridized carbons (Fsp3) is 0.549. The van der Waals surface area contributed by atoms with Crippen LogP contribution in [-0.4, -0.2) is 155 Å². The van der Waals surface area contributed by atoms with E-state index >= 15 is 4.79 Å². The zero-order valence-corrected chi connectivity index (χ0v) is 42.5. The number of fused-ring (bicyclic) bond motifs is 9. The van der Waals surface area contributed by atoms with Crippen molar-refractivity contribution in [1.82, 2.24) is 36.8 Å². The molecule has 13 atom stereocenters. The van der Waals surface area contributed by atoms with Gasteiger partial charge in [0.05, 0.1) is 24.7 Å². The smallest absolute Gasteiger partial charge is 0.332 e. The molecule has 6 rings (SSSR count). The number of likely N-dealkylation sites (N-methyl/N-ethyl adjacent to an activating group) is 1. The Labute approximate surface area is 424 Å². The zero-order chi connectivity index (χ0) is 53.9. The molecule has 398 valence electrons. The van der Waals surface area contributed by atoms with Gasteiger partial charge in [-0.05, 0) is 61.9 Å². The summed E-state index contributed by atoms with van der Waals surface area (Å²) in [6, 6.07) is 4.69. The predicted molar refractivity (Wildman–Crippen MR) is 260 cm³/mol. The summed E-state index contributed by atoms with van der Waals surface area (Å²) in [5.41, 5.74) is -0.249. The van der Waals surface area contributed by atoms with Gasteiger partial charge in [0.1, 0.15) is 66.9 Å². The first kappa shape index (κ1) is 57.0. The van der Waals surface area contributed by atoms with E-state index in [2.05, 4.69) is 31.9 Å². The summed E-state index contributed by atoms with van der Waals surface area (Å²) >= 11 is 0. The molecule has 1 spiro atoms. The van der Waals surface area contributed by atoms with Gasteiger partial charge in [0, 0.05) is 19.5 Å². The third kappa shape index (κ3) is 14.8. The van der Waals surface area contributed by atoms with Gasteiger partial charge in [0.2, 0.25) is 41.4 Å². The van der Waals surface area contributed by atoms with E-state index in [0.717, 1.165) is 11.0 Å². The van der Waals surface area contributed by atoms with Crippen LogP contribution in [0.2, 0.25) is 0 Å². The SMILES string of the molecule is CCC(C)C1NC(=O)C(NC(=O)C(C)C(O)C(C)C)C(C)OC(=O)C2COC(=O)CNC(=O)C=CC3(CO3)C(C)Oc3ccc(cc3)C(NC1=O)C(=O)N(C)C(Cc1ccccc1)C(=O)NC(C(C)O)C(=O)N2. The van der Waals surface area contributed by atoms with Crippen LogP contribution in [0.3, 0.4) is 0 Å². The number of carbonyl (C=O) groups excluding carboxylic acids is 9. The number of nitrogens with zero attached hydrogens (tertiary/aromatic N) is 1. The fourth-order valence-corrected chi connectivity index (χ4v) is 8.15. The first-order valence-corrected chi connectivity index (χ1v) is 24.4. The fourth-order valence-electron chi connectivity index (χ4n) is 8.15. The molecule has 7 amide bonds. The number of aliphatic hydroxyl groups is 2. The Kier molecular flexibility index (Phi) is 19.6. The Morgan fingerprint density at radius 3 is 2.05 bits per heavy atom. The number of hydrogen-bond donors (Lipinski definition) is 8. The van der Waals surface area contributed by atoms with Gasteiger partial charge >= 0.3 is 11.9 Å². The molecule has 22 heteroatoms. The minimum atomic E-state index is -1.94. The molecule has 13 unspecified atom stereocenters. The highest BCUT2D eigenvalue weighted by Crippen LogP contribution is 2.35. The van der Waals surface area contributed by atoms with Crippen LogP contribution in [0.25, 0.3) is 0 Å². The number of rotatable bonds is 9. The maximum atomic E-state index is 15.2. The van der Waals surface area contributed by atoms with Crippen molar-refractivity contribution in [3.63, 3.8) is 0 Å². The number of epoxide rings is 1. The summed E-state index contributed by atoms with van der Waals surface area (Å²) in [6.45, 7) is 10.8. The van der Waals surface area contributed by atoms with Crippen LogP contribution in [0.4, 0.5) is 0 Å². The van der Waals surface area contributed by atoms with Gasteiger partial charge in [-0.2, -0.15) is 0 Å². The highest BCUT2D eigenvalue weighted by atomic mass is 16.6. The van der Waals surface area contributed by atoms with Crippen LogP contribution < -0.4 is 36.6 Å². The second kappa shape index (κ2) is 25.2. The Hall–Kier alpha value is -6.91. The average Bonchev–Trinajstić information content (AvgIpc) is 4.17. The number of amides is 7. The molecule has 22 nitrogen and oxygen atoms in total. The van der Waals surface area contributed by atoms with E-state index in [0.29, 0.717) is 17.7 Å². The second-order valence-electron chi connectivity index (χ2n) is 19.2. The Morgan fingerprint density at radius 1 is 0.822 bits per heavy atom. The maximum absolute atomic E-state index is 15.2. The van der Waals surface area contributed by atoms with Gasteiger partial charge in [-0.25, -0.2) is 4.79 Å². The Bertz CT molecular complexity index is 2360. The minimum Gasteiger partial charge on any atom is -0.487 e. The summed E-state index contributed by atoms with van der Waals surface area (Å²) in [5.74, 6) is -10.7. The standard InChI is InChI=1S/C51H69N7O15/c1-10-27(4)39-46(65)57-42-33-16-18-34(19-17-33)73-31(8)51(25-71-51)21-20-37(60)52-23-38(61)70-24-35(50(69)72-30(7)41(48(67)54-39)56-44(63)28(5)43(62)26(2)3)53-47(66)40(29(6)59)55-45(64)36(58(9)49(42)68)22-32-14-12-11-13-15-32/h11-21,26-31,35-36,39-43,59,62H,10,22-25H2,1-9H3,(H,52,60)(H,53,66)(H,54,67)(H,55,64)(H,56,63)(H,57,65). The third-order valence-electron chi connectivity index (χ3n) is 13.4. The average molecular weight is 1020 g/mol. The molecule has 73 heavy (non-hydrogen) atoms. The molecule has 0 saturated carbocycles. The Morgan fingerprint density at radius 2 is 1.45 bits per heavy atom. The van der Waals surface area contributed by atoms with Crippen LogP contribution in [-0.2, 0) is 63.8 Å². The molecule has 0 aromatic heterocycles. The summed E-state index contributed by atoms with van der Waals surface area (Å²) in [5, 5.41) is 37.1. The first-order chi connectivity index (χ1) is 34.5. The highest BCUT2D eigenvalue weighted by molar-refractivity contribution is 5.98. The minimum absolute atomic E-state index is 0.141. The number of esters is 2. The summed E-state index contributed by atoms with van der Waals surface area (Å²) in [6.07, 6.45) is -2.39.